The summed E-state index contributed by atoms with van der Waals surface area (Å²) < 4.78 is 0. The van der Waals surface area contributed by atoms with Gasteiger partial charge in [0.1, 0.15) is 0 Å². The summed E-state index contributed by atoms with van der Waals surface area (Å²) in [4.78, 5) is 2.44. The number of rotatable bonds is 0. The van der Waals surface area contributed by atoms with Gasteiger partial charge in [-0.1, -0.05) is 19.4 Å². The molecule has 1 radical (unpaired) electrons. The average Bonchev–Trinajstić information content (AvgIpc) is 2.10. The van der Waals surface area contributed by atoms with Crippen molar-refractivity contribution in [2.24, 2.45) is 5.92 Å². The van der Waals surface area contributed by atoms with Crippen molar-refractivity contribution in [2.75, 3.05) is 13.1 Å². The van der Waals surface area contributed by atoms with Crippen molar-refractivity contribution in [2.45, 2.75) is 33.6 Å². The average molecular weight is 3010 g/mol. The third kappa shape index (κ3) is 57.0. The Morgan fingerprint density at radius 1 is 0.607 bits per heavy atom. The van der Waals surface area contributed by atoms with Crippen LogP contribution < -0.4 is 0 Å². The van der Waals surface area contributed by atoms with Crippen molar-refractivity contribution in [1.82, 2.24) is 4.90 Å². The van der Waals surface area contributed by atoms with Crippen molar-refractivity contribution in [3.63, 3.8) is 0 Å². The van der Waals surface area contributed by atoms with E-state index in [2.05, 4.69) is 18.0 Å². The van der Waals surface area contributed by atoms with Gasteiger partial charge < -0.3 is 12.3 Å². The Bertz CT molecular complexity index is 174. The number of allylic oxidation sites excluding steroid dienone is 1. The Morgan fingerprint density at radius 2 is 0.821 bits per heavy atom. The molecule has 1 saturated heterocycles. The van der Waals surface area contributed by atoms with E-state index in [1.54, 1.807) is 5.57 Å². The molecule has 3 heterocycles. The maximum atomic E-state index is 2.44. The Balaban J connectivity index is -0.00000000414. The first kappa shape index (κ1) is 116. The minimum Gasteiger partial charge on any atom is -0.377 e. The van der Waals surface area contributed by atoms with Crippen LogP contribution in [0, 0.1) is 13.3 Å². The molecule has 3 rings (SSSR count). The van der Waals surface area contributed by atoms with E-state index < -0.39 is 0 Å². The van der Waals surface area contributed by atoms with Crippen molar-refractivity contribution in [1.29, 1.82) is 0 Å². The van der Waals surface area contributed by atoms with Crippen LogP contribution in [-0.2, 0) is 349 Å². The molecule has 0 unspecified atom stereocenters. The van der Waals surface area contributed by atoms with Crippen LogP contribution in [0.25, 0.3) is 0 Å². The molecule has 0 saturated carbocycles. The fourth-order valence-corrected chi connectivity index (χ4v) is 1.88. The zero-order valence-electron chi connectivity index (χ0n) is 15.6. The van der Waals surface area contributed by atoms with E-state index in [9.17, 15) is 0 Å². The molecule has 28 heavy (non-hydrogen) atoms. The van der Waals surface area contributed by atoms with Crippen LogP contribution in [0.4, 0.5) is 0 Å². The van der Waals surface area contributed by atoms with E-state index in [0.717, 1.165) is 5.92 Å². The van der Waals surface area contributed by atoms with Gasteiger partial charge in [-0.2, -0.15) is 0 Å². The maximum Gasteiger partial charge on any atom is 0.0178 e. The summed E-state index contributed by atoms with van der Waals surface area (Å²) in [5.41, 5.74) is 1.60. The minimum absolute atomic E-state index is 0. The topological polar surface area (TPSA) is 3.24 Å². The van der Waals surface area contributed by atoms with E-state index in [1.165, 1.54) is 25.9 Å². The standard InChI is InChI=1S/C8H13N.C2H6.CH3.15W.Y/c1-7-6-9-4-2-8(7)3-5-9;1-2;;;;;;;;;;;;;;;;;/h6,8H,2-5H2,1H3;1-2H3;1H3;;;;;;;;;;;;;;;;/q;;-1;;;;;;;;;;;;;;;;. The summed E-state index contributed by atoms with van der Waals surface area (Å²) >= 11 is 0. The molecule has 0 amide bonds. The summed E-state index contributed by atoms with van der Waals surface area (Å²) in [6.45, 7) is 8.88. The Kier molecular flexibility index (Phi) is 346. The van der Waals surface area contributed by atoms with Gasteiger partial charge in [-0.3, -0.25) is 0 Å². The zero-order valence-corrected chi connectivity index (χ0v) is 62.5. The van der Waals surface area contributed by atoms with Crippen LogP contribution in [0.1, 0.15) is 33.6 Å². The molecule has 0 aromatic rings. The summed E-state index contributed by atoms with van der Waals surface area (Å²) in [6, 6.07) is 0. The van der Waals surface area contributed by atoms with Gasteiger partial charge in [0.05, 0.1) is 0 Å². The van der Waals surface area contributed by atoms with Gasteiger partial charge >= 0.3 is 0 Å². The molecule has 1 nitrogen and oxygen atoms in total. The monoisotopic (exact) mass is 3020 g/mol. The van der Waals surface area contributed by atoms with Crippen molar-refractivity contribution >= 4 is 0 Å². The summed E-state index contributed by atoms with van der Waals surface area (Å²) in [7, 11) is 0. The van der Waals surface area contributed by atoms with Gasteiger partial charge in [-0.25, -0.2) is 0 Å². The van der Waals surface area contributed by atoms with E-state index in [-0.39, 0.29) is 356 Å². The molecule has 0 N–H and O–H groups in total. The van der Waals surface area contributed by atoms with Crippen LogP contribution in [0.15, 0.2) is 11.8 Å². The molecule has 1 fully saturated rings. The first-order valence-corrected chi connectivity index (χ1v) is 4.78. The maximum absolute atomic E-state index is 2.44. The van der Waals surface area contributed by atoms with Crippen molar-refractivity contribution in [3.05, 3.63) is 19.2 Å². The molecule has 3 aliphatic heterocycles. The fraction of sp³-hybridized carbons (Fsp3) is 0.727. The second-order valence-corrected chi connectivity index (χ2v) is 3.18. The quantitative estimate of drug-likeness (QED) is 0.338. The first-order chi connectivity index (χ1) is 5.36. The van der Waals surface area contributed by atoms with Gasteiger partial charge in [0.15, 0.2) is 0 Å². The molecular weight excluding hydrogens is 2990 g/mol. The smallest absolute Gasteiger partial charge is 0.0178 e. The van der Waals surface area contributed by atoms with E-state index in [4.69, 9.17) is 0 Å². The molecule has 17 heteroatoms. The molecule has 2 bridgehead atoms. The molecule has 0 aromatic heterocycles. The van der Waals surface area contributed by atoms with Crippen LogP contribution in [0.2, 0.25) is 0 Å². The summed E-state index contributed by atoms with van der Waals surface area (Å²) in [6.07, 6.45) is 5.14. The summed E-state index contributed by atoms with van der Waals surface area (Å²) in [5, 5.41) is 0. The Hall–Kier alpha value is 11.0. The second kappa shape index (κ2) is 83.2. The molecule has 3 aliphatic rings. The van der Waals surface area contributed by atoms with E-state index >= 15 is 0 Å². The van der Waals surface area contributed by atoms with Gasteiger partial charge in [-0.15, -0.1) is 0 Å². The van der Waals surface area contributed by atoms with Crippen molar-refractivity contribution in [3.8, 4) is 0 Å². The van der Waals surface area contributed by atoms with Crippen LogP contribution in [0.5, 0.6) is 0 Å². The molecule has 0 spiro atoms. The third-order valence-electron chi connectivity index (χ3n) is 2.56. The fourth-order valence-electron chi connectivity index (χ4n) is 1.88. The number of nitrogens with zero attached hydrogens (tertiary/aromatic N) is 1. The largest absolute Gasteiger partial charge is 0.377 e. The van der Waals surface area contributed by atoms with Gasteiger partial charge in [0.25, 0.3) is 0 Å². The Morgan fingerprint density at radius 3 is 0.893 bits per heavy atom. The number of hydrogen-bond acceptors (Lipinski definition) is 1. The summed E-state index contributed by atoms with van der Waals surface area (Å²) in [5.74, 6) is 0.940. The van der Waals surface area contributed by atoms with Crippen LogP contribution >= 0.6 is 0 Å². The molecule has 0 atom stereocenters. The second-order valence-electron chi connectivity index (χ2n) is 3.18. The number of piperidine rings is 1. The predicted molar refractivity (Wildman–Crippen MR) is 55.8 cm³/mol. The van der Waals surface area contributed by atoms with Gasteiger partial charge in [0, 0.05) is 362 Å². The first-order valence-electron chi connectivity index (χ1n) is 4.78. The number of hydrogen-bond donors (Lipinski definition) is 0. The number of fused-ring (bicyclic) bond motifs is 2. The van der Waals surface area contributed by atoms with Gasteiger partial charge in [0.2, 0.25) is 0 Å². The van der Waals surface area contributed by atoms with Crippen LogP contribution in [0.3, 0.4) is 0 Å². The normalized spacial score (nSPS) is 8.82. The molecular formula is C11H22NW15Y-. The Labute approximate surface area is 415 Å². The van der Waals surface area contributed by atoms with Gasteiger partial charge in [-0.05, 0) is 31.9 Å². The third-order valence-corrected chi connectivity index (χ3v) is 2.56. The molecule has 0 aliphatic carbocycles. The minimum atomic E-state index is 0. The zero-order chi connectivity index (χ0) is 8.27. The van der Waals surface area contributed by atoms with Crippen molar-refractivity contribution < 1.29 is 349 Å². The molecule has 0 aromatic carbocycles. The van der Waals surface area contributed by atoms with E-state index in [0.29, 0.717) is 0 Å². The molecule has 165 valence electrons. The predicted octanol–water partition coefficient (Wildman–Crippen LogP) is 3.05. The van der Waals surface area contributed by atoms with E-state index in [1.807, 2.05) is 13.8 Å². The SMILES string of the molecule is CC.CC1=CN2CCC1CC2.[CH3-].[W].[W].[W].[W].[W].[W].[W].[W].[W].[W].[W].[W].[W].[W].[W].[Y]. The van der Waals surface area contributed by atoms with Crippen LogP contribution in [-0.4, -0.2) is 18.0 Å².